The Morgan fingerprint density at radius 2 is 1.95 bits per heavy atom. The number of rotatable bonds is 5. The Balaban J connectivity index is 2.62. The molecule has 0 aliphatic rings. The maximum Gasteiger partial charge on any atom is 0.166 e. The van der Waals surface area contributed by atoms with Crippen molar-refractivity contribution in [2.75, 3.05) is 27.1 Å². The van der Waals surface area contributed by atoms with E-state index in [-0.39, 0.29) is 0 Å². The lowest BCUT2D eigenvalue weighted by Crippen LogP contribution is -2.01. The van der Waals surface area contributed by atoms with Gasteiger partial charge in [0.05, 0.1) is 26.5 Å². The number of ether oxygens (including phenoxy) is 3. The number of nitrogens with zero attached hydrogens (tertiary/aromatic N) is 2. The predicted octanol–water partition coefficient (Wildman–Crippen LogP) is 1.83. The summed E-state index contributed by atoms with van der Waals surface area (Å²) in [5.74, 6) is 1.90. The molecule has 108 valence electrons. The number of nitrogen functional groups attached to an aromatic ring is 1. The average molecular weight is 277 g/mol. The van der Waals surface area contributed by atoms with Crippen molar-refractivity contribution in [1.82, 2.24) is 9.78 Å². The molecule has 1 aromatic heterocycles. The zero-order valence-corrected chi connectivity index (χ0v) is 12.1. The fourth-order valence-electron chi connectivity index (χ4n) is 2.13. The highest BCUT2D eigenvalue weighted by Crippen LogP contribution is 2.38. The van der Waals surface area contributed by atoms with Crippen molar-refractivity contribution >= 4 is 5.82 Å². The summed E-state index contributed by atoms with van der Waals surface area (Å²) in [7, 11) is 6.64. The van der Waals surface area contributed by atoms with Crippen LogP contribution in [-0.4, -0.2) is 31.1 Å². The zero-order valence-electron chi connectivity index (χ0n) is 12.1. The number of anilines is 1. The minimum absolute atomic E-state index is 0.395. The monoisotopic (exact) mass is 277 g/mol. The van der Waals surface area contributed by atoms with Crippen molar-refractivity contribution in [3.8, 4) is 22.8 Å². The Kier molecular flexibility index (Phi) is 4.14. The molecule has 6 heteroatoms. The molecular formula is C14H19N3O3. The van der Waals surface area contributed by atoms with Gasteiger partial charge in [-0.3, -0.25) is 4.68 Å². The SMILES string of the molecule is COCc1c(-c2cc(N)n(C)n2)ccc(OC)c1OC. The lowest BCUT2D eigenvalue weighted by molar-refractivity contribution is 0.181. The van der Waals surface area contributed by atoms with Crippen LogP contribution in [0.3, 0.4) is 0 Å². The molecule has 0 atom stereocenters. The van der Waals surface area contributed by atoms with Crippen LogP contribution < -0.4 is 15.2 Å². The van der Waals surface area contributed by atoms with E-state index < -0.39 is 0 Å². The van der Waals surface area contributed by atoms with Crippen LogP contribution in [0.5, 0.6) is 11.5 Å². The van der Waals surface area contributed by atoms with Gasteiger partial charge in [-0.1, -0.05) is 0 Å². The number of nitrogens with two attached hydrogens (primary N) is 1. The van der Waals surface area contributed by atoms with Crippen molar-refractivity contribution in [3.63, 3.8) is 0 Å². The molecule has 1 aromatic carbocycles. The van der Waals surface area contributed by atoms with E-state index in [9.17, 15) is 0 Å². The standard InChI is InChI=1S/C14H19N3O3/c1-17-13(15)7-11(16-17)9-5-6-12(19-3)14(20-4)10(9)8-18-2/h5-7H,8,15H2,1-4H3. The highest BCUT2D eigenvalue weighted by Gasteiger charge is 2.18. The van der Waals surface area contributed by atoms with Crippen LogP contribution in [0.15, 0.2) is 18.2 Å². The van der Waals surface area contributed by atoms with Crippen LogP contribution in [0.25, 0.3) is 11.3 Å². The first-order valence-corrected chi connectivity index (χ1v) is 6.15. The van der Waals surface area contributed by atoms with E-state index in [0.717, 1.165) is 16.8 Å². The van der Waals surface area contributed by atoms with E-state index >= 15 is 0 Å². The summed E-state index contributed by atoms with van der Waals surface area (Å²) in [5, 5.41) is 4.39. The molecule has 0 bridgehead atoms. The van der Waals surface area contributed by atoms with E-state index in [2.05, 4.69) is 5.10 Å². The van der Waals surface area contributed by atoms with Gasteiger partial charge in [0.25, 0.3) is 0 Å². The Hall–Kier alpha value is -2.21. The number of aromatic nitrogens is 2. The van der Waals surface area contributed by atoms with Crippen molar-refractivity contribution in [2.24, 2.45) is 7.05 Å². The fourth-order valence-corrected chi connectivity index (χ4v) is 2.13. The van der Waals surface area contributed by atoms with Crippen molar-refractivity contribution in [3.05, 3.63) is 23.8 Å². The normalized spacial score (nSPS) is 10.6. The second-order valence-corrected chi connectivity index (χ2v) is 4.34. The maximum atomic E-state index is 5.84. The molecule has 0 aliphatic carbocycles. The number of methoxy groups -OCH3 is 3. The lowest BCUT2D eigenvalue weighted by Gasteiger charge is -2.15. The third-order valence-electron chi connectivity index (χ3n) is 3.13. The average Bonchev–Trinajstić information content (AvgIpc) is 2.78. The van der Waals surface area contributed by atoms with Crippen LogP contribution in [-0.2, 0) is 18.4 Å². The molecule has 2 rings (SSSR count). The van der Waals surface area contributed by atoms with Gasteiger partial charge in [-0.25, -0.2) is 0 Å². The summed E-state index contributed by atoms with van der Waals surface area (Å²) in [5.41, 5.74) is 8.41. The Bertz CT molecular complexity index is 588. The second kappa shape index (κ2) is 5.83. The van der Waals surface area contributed by atoms with E-state index in [1.807, 2.05) is 18.2 Å². The van der Waals surface area contributed by atoms with Gasteiger partial charge >= 0.3 is 0 Å². The summed E-state index contributed by atoms with van der Waals surface area (Å²) in [4.78, 5) is 0. The van der Waals surface area contributed by atoms with Crippen molar-refractivity contribution in [1.29, 1.82) is 0 Å². The van der Waals surface area contributed by atoms with Crippen LogP contribution in [0.2, 0.25) is 0 Å². The van der Waals surface area contributed by atoms with E-state index in [0.29, 0.717) is 23.9 Å². The highest BCUT2D eigenvalue weighted by atomic mass is 16.5. The zero-order chi connectivity index (χ0) is 14.7. The van der Waals surface area contributed by atoms with Gasteiger partial charge < -0.3 is 19.9 Å². The van der Waals surface area contributed by atoms with Crippen LogP contribution in [0.1, 0.15) is 5.56 Å². The molecule has 6 nitrogen and oxygen atoms in total. The third kappa shape index (κ3) is 2.42. The highest BCUT2D eigenvalue weighted by molar-refractivity contribution is 5.71. The summed E-state index contributed by atoms with van der Waals surface area (Å²) < 4.78 is 17.7. The van der Waals surface area contributed by atoms with Gasteiger partial charge in [0.2, 0.25) is 0 Å². The molecule has 0 fully saturated rings. The number of aryl methyl sites for hydroxylation is 1. The molecular weight excluding hydrogens is 258 g/mol. The molecule has 0 aliphatic heterocycles. The first-order chi connectivity index (χ1) is 9.62. The molecule has 2 N–H and O–H groups in total. The smallest absolute Gasteiger partial charge is 0.166 e. The first kappa shape index (κ1) is 14.2. The fraction of sp³-hybridized carbons (Fsp3) is 0.357. The molecule has 20 heavy (non-hydrogen) atoms. The number of hydrogen-bond acceptors (Lipinski definition) is 5. The number of benzene rings is 1. The maximum absolute atomic E-state index is 5.84. The predicted molar refractivity (Wildman–Crippen MR) is 76.9 cm³/mol. The van der Waals surface area contributed by atoms with Gasteiger partial charge in [-0.2, -0.15) is 5.10 Å². The van der Waals surface area contributed by atoms with Crippen LogP contribution in [0.4, 0.5) is 5.82 Å². The van der Waals surface area contributed by atoms with Crippen LogP contribution >= 0.6 is 0 Å². The number of hydrogen-bond donors (Lipinski definition) is 1. The molecule has 0 radical (unpaired) electrons. The molecule has 1 heterocycles. The molecule has 0 saturated heterocycles. The van der Waals surface area contributed by atoms with Gasteiger partial charge in [0.1, 0.15) is 5.82 Å². The second-order valence-electron chi connectivity index (χ2n) is 4.34. The largest absolute Gasteiger partial charge is 0.493 e. The topological polar surface area (TPSA) is 71.5 Å². The van der Waals surface area contributed by atoms with Crippen molar-refractivity contribution in [2.45, 2.75) is 6.61 Å². The minimum Gasteiger partial charge on any atom is -0.493 e. The van der Waals surface area contributed by atoms with E-state index in [1.165, 1.54) is 0 Å². The molecule has 0 spiro atoms. The van der Waals surface area contributed by atoms with Gasteiger partial charge in [0, 0.05) is 31.4 Å². The Morgan fingerprint density at radius 1 is 1.20 bits per heavy atom. The third-order valence-corrected chi connectivity index (χ3v) is 3.13. The first-order valence-electron chi connectivity index (χ1n) is 6.15. The lowest BCUT2D eigenvalue weighted by atomic mass is 10.0. The minimum atomic E-state index is 0.395. The summed E-state index contributed by atoms with van der Waals surface area (Å²) in [6, 6.07) is 5.59. The quantitative estimate of drug-likeness (QED) is 0.902. The van der Waals surface area contributed by atoms with Gasteiger partial charge in [-0.15, -0.1) is 0 Å². The Morgan fingerprint density at radius 3 is 2.45 bits per heavy atom. The van der Waals surface area contributed by atoms with Gasteiger partial charge in [0.15, 0.2) is 11.5 Å². The Labute approximate surface area is 118 Å². The summed E-state index contributed by atoms with van der Waals surface area (Å²) in [6.07, 6.45) is 0. The molecule has 2 aromatic rings. The van der Waals surface area contributed by atoms with Crippen molar-refractivity contribution < 1.29 is 14.2 Å². The van der Waals surface area contributed by atoms with Crippen LogP contribution in [0, 0.1) is 0 Å². The summed E-state index contributed by atoms with van der Waals surface area (Å²) in [6.45, 7) is 0.395. The molecule has 0 amide bonds. The van der Waals surface area contributed by atoms with E-state index in [1.54, 1.807) is 33.1 Å². The molecule has 0 saturated carbocycles. The van der Waals surface area contributed by atoms with E-state index in [4.69, 9.17) is 19.9 Å². The van der Waals surface area contributed by atoms with Gasteiger partial charge in [-0.05, 0) is 12.1 Å². The molecule has 0 unspecified atom stereocenters. The summed E-state index contributed by atoms with van der Waals surface area (Å²) >= 11 is 0.